The average molecular weight is 725 g/mol. The maximum absolute atomic E-state index is 11.5. The molecule has 0 aliphatic rings. The monoisotopic (exact) mass is 723 g/mol. The van der Waals surface area contributed by atoms with Crippen LogP contribution in [0.5, 0.6) is 17.2 Å². The number of benzene rings is 3. The van der Waals surface area contributed by atoms with Gasteiger partial charge in [-0.3, -0.25) is 14.2 Å². The van der Waals surface area contributed by atoms with E-state index in [0.717, 1.165) is 33.1 Å². The first-order valence-corrected chi connectivity index (χ1v) is 18.2. The van der Waals surface area contributed by atoms with E-state index < -0.39 is 5.20 Å². The van der Waals surface area contributed by atoms with E-state index in [0.29, 0.717) is 32.9 Å². The van der Waals surface area contributed by atoms with Crippen molar-refractivity contribution >= 4 is 83.2 Å². The molecule has 3 heterocycles. The third-order valence-electron chi connectivity index (χ3n) is 6.65. The Bertz CT molecular complexity index is 2160. The highest BCUT2D eigenvalue weighted by Crippen LogP contribution is 2.61. The van der Waals surface area contributed by atoms with Crippen molar-refractivity contribution in [2.75, 3.05) is 14.2 Å². The molecule has 0 aliphatic heterocycles. The first-order chi connectivity index (χ1) is 21.7. The van der Waals surface area contributed by atoms with Crippen LogP contribution in [0.1, 0.15) is 16.7 Å². The fourth-order valence-electron chi connectivity index (χ4n) is 4.41. The number of ether oxygens (including phenoxy) is 2. The fraction of sp³-hybridized carbons (Fsp3) is 0.156. The van der Waals surface area contributed by atoms with E-state index >= 15 is 0 Å². The molecule has 0 amide bonds. The number of halogens is 4. The Kier molecular flexibility index (Phi) is 12.9. The normalized spacial score (nSPS) is 10.6. The number of nitrogens with zero attached hydrogens (tertiary/aromatic N) is 1. The molecule has 0 atom stereocenters. The summed E-state index contributed by atoms with van der Waals surface area (Å²) in [6, 6.07) is 22.5. The maximum Gasteiger partial charge on any atom is 0.339 e. The molecule has 0 radical (unpaired) electrons. The lowest BCUT2D eigenvalue weighted by Crippen LogP contribution is -2.10. The molecular formula is C32H30Cl4N3O6P. The summed E-state index contributed by atoms with van der Waals surface area (Å²) in [5.74, 6) is 1.53. The number of aromatic amines is 2. The first kappa shape index (κ1) is 36.7. The molecule has 46 heavy (non-hydrogen) atoms. The molecule has 0 spiro atoms. The summed E-state index contributed by atoms with van der Waals surface area (Å²) < 4.78 is 20.0. The van der Waals surface area contributed by atoms with Crippen LogP contribution in [-0.2, 0) is 4.57 Å². The summed E-state index contributed by atoms with van der Waals surface area (Å²) in [5.41, 5.74) is 3.85. The Morgan fingerprint density at radius 2 is 1.09 bits per heavy atom. The smallest absolute Gasteiger partial charge is 0.339 e. The number of fused-ring (bicyclic) bond motifs is 3. The van der Waals surface area contributed by atoms with Gasteiger partial charge in [0.15, 0.2) is 0 Å². The van der Waals surface area contributed by atoms with E-state index in [1.54, 1.807) is 40.2 Å². The van der Waals surface area contributed by atoms with E-state index in [2.05, 4.69) is 48.7 Å². The highest BCUT2D eigenvalue weighted by atomic mass is 36.0. The van der Waals surface area contributed by atoms with Gasteiger partial charge in [0.1, 0.15) is 22.4 Å². The predicted octanol–water partition coefficient (Wildman–Crippen LogP) is 9.40. The van der Waals surface area contributed by atoms with Gasteiger partial charge in [-0.25, -0.2) is 4.98 Å². The minimum absolute atomic E-state index is 0.0688. The van der Waals surface area contributed by atoms with Gasteiger partial charge in [-0.1, -0.05) is 48.0 Å². The Hall–Kier alpha value is -3.72. The number of pyridine rings is 3. The molecule has 14 heteroatoms. The Morgan fingerprint density at radius 1 is 0.674 bits per heavy atom. The average Bonchev–Trinajstić information content (AvgIpc) is 3.01. The van der Waals surface area contributed by atoms with Crippen molar-refractivity contribution in [3.8, 4) is 17.2 Å². The minimum Gasteiger partial charge on any atom is -0.507 e. The van der Waals surface area contributed by atoms with Gasteiger partial charge in [0, 0.05) is 21.7 Å². The number of para-hydroxylation sites is 3. The van der Waals surface area contributed by atoms with E-state index in [9.17, 15) is 19.3 Å². The highest BCUT2D eigenvalue weighted by Gasteiger charge is 2.10. The van der Waals surface area contributed by atoms with Crippen LogP contribution in [0.4, 0.5) is 0 Å². The number of methoxy groups -OCH3 is 2. The molecule has 6 rings (SSSR count). The van der Waals surface area contributed by atoms with Gasteiger partial charge in [0.05, 0.1) is 41.9 Å². The predicted molar refractivity (Wildman–Crippen MR) is 190 cm³/mol. The van der Waals surface area contributed by atoms with Crippen LogP contribution in [0.3, 0.4) is 0 Å². The lowest BCUT2D eigenvalue weighted by molar-refractivity contribution is 0.416. The van der Waals surface area contributed by atoms with Crippen molar-refractivity contribution in [1.82, 2.24) is 15.0 Å². The second-order valence-electron chi connectivity index (χ2n) is 9.61. The topological polar surface area (TPSA) is 134 Å². The van der Waals surface area contributed by atoms with Gasteiger partial charge in [-0.2, -0.15) is 0 Å². The third-order valence-corrected chi connectivity index (χ3v) is 7.02. The standard InChI is InChI=1S/C11H10ClNO.C11H11NO2.C10H9NO2.Cl3OP/c1-7-10(14-2)8-5-3-4-6-9(8)13-11(7)12;1-7-10(14-2)8-5-3-4-6-9(8)12-11(7)13;1-6-9(12)7-4-2-3-5-8(7)11-10(6)13;1-5(2,3)4/h3-6H,1-2H3;3-6H,1-2H3,(H,12,13);2-5H,1H3,(H2,11,12,13);. The SMILES string of the molecule is COc1c(C)c(=O)[nH]c2ccccc12.COc1c(C)c(Cl)nc2ccccc12.Cc1c(O)c2ccccc2[nH]c1=O.O=P(Cl)(Cl)Cl. The number of hydrogen-bond donors (Lipinski definition) is 3. The van der Waals surface area contributed by atoms with Gasteiger partial charge in [0.25, 0.3) is 11.1 Å². The second-order valence-corrected chi connectivity index (χ2v) is 16.6. The van der Waals surface area contributed by atoms with Gasteiger partial charge in [-0.05, 0) is 90.9 Å². The van der Waals surface area contributed by atoms with E-state index in [-0.39, 0.29) is 16.9 Å². The van der Waals surface area contributed by atoms with Crippen LogP contribution in [-0.4, -0.2) is 34.3 Å². The molecule has 6 aromatic rings. The van der Waals surface area contributed by atoms with Crippen molar-refractivity contribution < 1.29 is 19.1 Å². The summed E-state index contributed by atoms with van der Waals surface area (Å²) >= 11 is 19.8. The molecular weight excluding hydrogens is 695 g/mol. The molecule has 0 aliphatic carbocycles. The van der Waals surface area contributed by atoms with Crippen molar-refractivity contribution in [3.05, 3.63) is 115 Å². The highest BCUT2D eigenvalue weighted by molar-refractivity contribution is 8.24. The molecule has 0 bridgehead atoms. The molecule has 3 aromatic carbocycles. The molecule has 0 unspecified atom stereocenters. The number of aromatic nitrogens is 3. The summed E-state index contributed by atoms with van der Waals surface area (Å²) in [6.07, 6.45) is 0. The zero-order valence-corrected chi connectivity index (χ0v) is 29.2. The number of aromatic hydroxyl groups is 1. The molecule has 0 saturated carbocycles. The number of hydrogen-bond acceptors (Lipinski definition) is 7. The zero-order chi connectivity index (χ0) is 34.2. The summed E-state index contributed by atoms with van der Waals surface area (Å²) in [7, 11) is 3.22. The van der Waals surface area contributed by atoms with Gasteiger partial charge in [0.2, 0.25) is 0 Å². The molecule has 242 valence electrons. The van der Waals surface area contributed by atoms with Crippen LogP contribution in [0, 0.1) is 20.8 Å². The van der Waals surface area contributed by atoms with Crippen LogP contribution in [0.15, 0.2) is 82.4 Å². The van der Waals surface area contributed by atoms with Crippen LogP contribution in [0.25, 0.3) is 32.7 Å². The Balaban J connectivity index is 0.000000175. The molecule has 3 aromatic heterocycles. The third kappa shape index (κ3) is 9.41. The van der Waals surface area contributed by atoms with E-state index in [1.807, 2.05) is 67.6 Å². The lowest BCUT2D eigenvalue weighted by atomic mass is 10.1. The van der Waals surface area contributed by atoms with Gasteiger partial charge in [-0.15, -0.1) is 0 Å². The van der Waals surface area contributed by atoms with E-state index in [1.165, 1.54) is 0 Å². The van der Waals surface area contributed by atoms with Crippen LogP contribution in [0.2, 0.25) is 5.15 Å². The summed E-state index contributed by atoms with van der Waals surface area (Å²) in [5, 5.41) is 9.51. The summed E-state index contributed by atoms with van der Waals surface area (Å²) in [4.78, 5) is 32.5. The zero-order valence-electron chi connectivity index (χ0n) is 25.3. The van der Waals surface area contributed by atoms with Crippen LogP contribution >= 0.6 is 50.5 Å². The van der Waals surface area contributed by atoms with Crippen molar-refractivity contribution in [2.45, 2.75) is 20.8 Å². The van der Waals surface area contributed by atoms with Crippen molar-refractivity contribution in [1.29, 1.82) is 0 Å². The number of H-pyrrole nitrogens is 2. The largest absolute Gasteiger partial charge is 0.507 e. The van der Waals surface area contributed by atoms with Crippen LogP contribution < -0.4 is 20.6 Å². The second kappa shape index (κ2) is 16.2. The van der Waals surface area contributed by atoms with E-state index in [4.69, 9.17) is 21.1 Å². The molecule has 0 fully saturated rings. The minimum atomic E-state index is -3.22. The van der Waals surface area contributed by atoms with Gasteiger partial charge >= 0.3 is 5.20 Å². The Morgan fingerprint density at radius 3 is 1.63 bits per heavy atom. The summed E-state index contributed by atoms with van der Waals surface area (Å²) in [6.45, 7) is 5.26. The maximum atomic E-state index is 11.5. The Labute approximate surface area is 283 Å². The lowest BCUT2D eigenvalue weighted by Gasteiger charge is -2.09. The number of nitrogens with one attached hydrogen (secondary N) is 2. The quantitative estimate of drug-likeness (QED) is 0.120. The molecule has 9 nitrogen and oxygen atoms in total. The first-order valence-electron chi connectivity index (χ1n) is 13.4. The van der Waals surface area contributed by atoms with Crippen molar-refractivity contribution in [3.63, 3.8) is 0 Å². The fourth-order valence-corrected chi connectivity index (χ4v) is 4.59. The van der Waals surface area contributed by atoms with Crippen molar-refractivity contribution in [2.24, 2.45) is 0 Å². The number of rotatable bonds is 2. The molecule has 3 N–H and O–H groups in total. The van der Waals surface area contributed by atoms with Gasteiger partial charge < -0.3 is 24.5 Å². The molecule has 0 saturated heterocycles.